The molecule has 0 aliphatic carbocycles. The average Bonchev–Trinajstić information content (AvgIpc) is 2.16. The molecule has 0 bridgehead atoms. The van der Waals surface area contributed by atoms with Crippen LogP contribution in [0.1, 0.15) is 0 Å². The van der Waals surface area contributed by atoms with Crippen LogP contribution in [0.4, 0.5) is 11.4 Å². The van der Waals surface area contributed by atoms with E-state index < -0.39 is 31.6 Å². The lowest BCUT2D eigenvalue weighted by Crippen LogP contribution is -1.97. The molecular weight excluding hydrogens is 248 g/mol. The van der Waals surface area contributed by atoms with Gasteiger partial charge in [0.1, 0.15) is 10.4 Å². The second-order valence-electron chi connectivity index (χ2n) is 2.42. The van der Waals surface area contributed by atoms with Crippen LogP contribution in [0.15, 0.2) is 23.1 Å². The van der Waals surface area contributed by atoms with Gasteiger partial charge in [0, 0.05) is 0 Å². The number of halogens is 1. The van der Waals surface area contributed by atoms with E-state index in [9.17, 15) is 24.8 Å². The van der Waals surface area contributed by atoms with Gasteiger partial charge in [0.15, 0.2) is 15.6 Å². The highest BCUT2D eigenvalue weighted by atomic mass is 35.7. The molecule has 15 heavy (non-hydrogen) atoms. The maximum Gasteiger partial charge on any atom is 0.281 e. The summed E-state index contributed by atoms with van der Waals surface area (Å²) >= 11 is 0. The largest absolute Gasteiger partial charge is 0.594 e. The van der Waals surface area contributed by atoms with Crippen molar-refractivity contribution < 1.29 is 14.4 Å². The van der Waals surface area contributed by atoms with Gasteiger partial charge in [-0.15, -0.1) is 0 Å². The first kappa shape index (κ1) is 11.7. The maximum absolute atomic E-state index is 10.8. The van der Waals surface area contributed by atoms with Gasteiger partial charge in [-0.1, -0.05) is 0 Å². The highest BCUT2D eigenvalue weighted by molar-refractivity contribution is 8.13. The molecule has 0 aliphatic heterocycles. The van der Waals surface area contributed by atoms with Crippen LogP contribution in [0.2, 0.25) is 0 Å². The fourth-order valence-corrected chi connectivity index (χ4v) is 1.57. The zero-order valence-corrected chi connectivity index (χ0v) is 8.53. The maximum atomic E-state index is 10.8. The fraction of sp³-hybridized carbons (Fsp3) is 0. The molecule has 9 heteroatoms. The van der Waals surface area contributed by atoms with E-state index in [0.29, 0.717) is 0 Å². The minimum atomic E-state index is -2.02. The van der Waals surface area contributed by atoms with Crippen molar-refractivity contribution in [3.05, 3.63) is 38.4 Å². The molecule has 0 N–H and O–H groups in total. The highest BCUT2D eigenvalue weighted by Gasteiger charge is 2.21. The van der Waals surface area contributed by atoms with Gasteiger partial charge >= 0.3 is 0 Å². The molecule has 80 valence electrons. The number of non-ortho nitro benzene ring substituents is 2. The van der Waals surface area contributed by atoms with Crippen LogP contribution in [-0.4, -0.2) is 14.4 Å². The highest BCUT2D eigenvalue weighted by Crippen LogP contribution is 2.27. The normalized spacial score (nSPS) is 12.1. The second-order valence-corrected chi connectivity index (χ2v) is 4.18. The van der Waals surface area contributed by atoms with E-state index in [1.165, 1.54) is 0 Å². The number of benzene rings is 1. The summed E-state index contributed by atoms with van der Waals surface area (Å²) < 4.78 is 10.8. The Labute approximate surface area is 90.6 Å². The molecule has 1 unspecified atom stereocenters. The summed E-state index contributed by atoms with van der Waals surface area (Å²) in [6.45, 7) is 0. The summed E-state index contributed by atoms with van der Waals surface area (Å²) in [6.07, 6.45) is 0. The summed E-state index contributed by atoms with van der Waals surface area (Å²) in [5.74, 6) is 0. The summed E-state index contributed by atoms with van der Waals surface area (Å²) in [6, 6.07) is 2.62. The minimum Gasteiger partial charge on any atom is -0.594 e. The Morgan fingerprint density at radius 3 is 1.73 bits per heavy atom. The Hall–Kier alpha value is -1.38. The van der Waals surface area contributed by atoms with Crippen molar-refractivity contribution in [1.82, 2.24) is 0 Å². The van der Waals surface area contributed by atoms with E-state index in [-0.39, 0.29) is 4.90 Å². The van der Waals surface area contributed by atoms with Gasteiger partial charge in [-0.05, 0) is 0 Å². The number of nitrogens with zero attached hydrogens (tertiary/aromatic N) is 2. The predicted octanol–water partition coefficient (Wildman–Crippen LogP) is 1.76. The van der Waals surface area contributed by atoms with E-state index in [2.05, 4.69) is 0 Å². The summed E-state index contributed by atoms with van der Waals surface area (Å²) in [5.41, 5.74) is -1.04. The Morgan fingerprint density at radius 2 is 1.47 bits per heavy atom. The molecule has 0 spiro atoms. The molecule has 0 aromatic heterocycles. The lowest BCUT2D eigenvalue weighted by atomic mass is 10.3. The van der Waals surface area contributed by atoms with Gasteiger partial charge in [-0.3, -0.25) is 20.2 Å². The lowest BCUT2D eigenvalue weighted by molar-refractivity contribution is -0.394. The molecule has 7 nitrogen and oxygen atoms in total. The molecule has 0 radical (unpaired) electrons. The molecule has 1 rings (SSSR count). The Morgan fingerprint density at radius 1 is 1.07 bits per heavy atom. The molecular formula is C6H3ClN2O5S. The smallest absolute Gasteiger partial charge is 0.281 e. The predicted molar refractivity (Wildman–Crippen MR) is 52.0 cm³/mol. The van der Waals surface area contributed by atoms with Gasteiger partial charge in [-0.2, -0.15) is 0 Å². The van der Waals surface area contributed by atoms with Crippen molar-refractivity contribution in [3.63, 3.8) is 0 Å². The zero-order valence-electron chi connectivity index (χ0n) is 6.95. The quantitative estimate of drug-likeness (QED) is 0.461. The van der Waals surface area contributed by atoms with Crippen LogP contribution < -0.4 is 0 Å². The number of rotatable bonds is 3. The topological polar surface area (TPSA) is 109 Å². The molecule has 0 fully saturated rings. The van der Waals surface area contributed by atoms with Crippen LogP contribution >= 0.6 is 10.7 Å². The second kappa shape index (κ2) is 4.43. The number of nitro benzene ring substituents is 2. The zero-order chi connectivity index (χ0) is 11.6. The van der Waals surface area contributed by atoms with E-state index in [1.807, 2.05) is 0 Å². The van der Waals surface area contributed by atoms with Gasteiger partial charge in [0.25, 0.3) is 11.4 Å². The Balaban J connectivity index is 3.32. The van der Waals surface area contributed by atoms with Crippen molar-refractivity contribution in [2.45, 2.75) is 4.90 Å². The monoisotopic (exact) mass is 250 g/mol. The Bertz CT molecular complexity index is 392. The molecule has 0 aliphatic rings. The van der Waals surface area contributed by atoms with E-state index in [0.717, 1.165) is 18.2 Å². The van der Waals surface area contributed by atoms with Crippen LogP contribution in [0.25, 0.3) is 0 Å². The van der Waals surface area contributed by atoms with E-state index >= 15 is 0 Å². The summed E-state index contributed by atoms with van der Waals surface area (Å²) in [7, 11) is 3.16. The van der Waals surface area contributed by atoms with Crippen molar-refractivity contribution in [2.75, 3.05) is 0 Å². The number of nitro groups is 2. The first-order chi connectivity index (χ1) is 6.91. The van der Waals surface area contributed by atoms with Crippen molar-refractivity contribution >= 4 is 32.4 Å². The minimum absolute atomic E-state index is 0.169. The van der Waals surface area contributed by atoms with Crippen LogP contribution in [0.5, 0.6) is 0 Å². The summed E-state index contributed by atoms with van der Waals surface area (Å²) in [5, 5.41) is 20.8. The SMILES string of the molecule is O=[N+]([O-])c1cc([N+](=O)[O-])cc([S+]([O-])Cl)c1. The first-order valence-corrected chi connectivity index (χ1v) is 5.41. The van der Waals surface area contributed by atoms with Crippen LogP contribution in [-0.2, 0) is 10.4 Å². The van der Waals surface area contributed by atoms with Gasteiger partial charge in [0.05, 0.1) is 28.0 Å². The van der Waals surface area contributed by atoms with Crippen LogP contribution in [0.3, 0.4) is 0 Å². The third-order valence-corrected chi connectivity index (χ3v) is 2.62. The average molecular weight is 251 g/mol. The van der Waals surface area contributed by atoms with E-state index in [4.69, 9.17) is 10.7 Å². The third kappa shape index (κ3) is 2.78. The molecule has 0 saturated heterocycles. The summed E-state index contributed by atoms with van der Waals surface area (Å²) in [4.78, 5) is 19.0. The third-order valence-electron chi connectivity index (χ3n) is 1.48. The van der Waals surface area contributed by atoms with Gasteiger partial charge < -0.3 is 4.55 Å². The number of hydrogen-bond donors (Lipinski definition) is 0. The first-order valence-electron chi connectivity index (χ1n) is 3.43. The van der Waals surface area contributed by atoms with Crippen LogP contribution in [0, 0.1) is 20.2 Å². The lowest BCUT2D eigenvalue weighted by Gasteiger charge is -1.99. The van der Waals surface area contributed by atoms with Gasteiger partial charge in [-0.25, -0.2) is 0 Å². The molecule has 0 saturated carbocycles. The molecule has 0 heterocycles. The molecule has 1 aromatic rings. The Kier molecular flexibility index (Phi) is 3.45. The molecule has 1 atom stereocenters. The standard InChI is InChI=1S/C6H3ClN2O5S/c7-15(14)6-2-4(8(10)11)1-5(3-6)9(12)13/h1-3H. The van der Waals surface area contributed by atoms with Gasteiger partial charge in [0.2, 0.25) is 0 Å². The van der Waals surface area contributed by atoms with Crippen molar-refractivity contribution in [1.29, 1.82) is 0 Å². The molecule has 0 amide bonds. The molecule has 1 aromatic carbocycles. The van der Waals surface area contributed by atoms with Crippen molar-refractivity contribution in [3.8, 4) is 0 Å². The van der Waals surface area contributed by atoms with E-state index in [1.54, 1.807) is 0 Å². The van der Waals surface area contributed by atoms with Crippen molar-refractivity contribution in [2.24, 2.45) is 0 Å². The number of hydrogen-bond acceptors (Lipinski definition) is 5. The fourth-order valence-electron chi connectivity index (χ4n) is 0.871.